The van der Waals surface area contributed by atoms with Gasteiger partial charge in [0.15, 0.2) is 0 Å². The topological polar surface area (TPSA) is 88.1 Å². The van der Waals surface area contributed by atoms with Crippen LogP contribution in [0.4, 0.5) is 14.9 Å². The molecule has 0 aromatic heterocycles. The lowest BCUT2D eigenvalue weighted by molar-refractivity contribution is -0.321. The summed E-state index contributed by atoms with van der Waals surface area (Å²) in [5, 5.41) is 11.9. The van der Waals surface area contributed by atoms with Gasteiger partial charge in [0.2, 0.25) is 0 Å². The quantitative estimate of drug-likeness (QED) is 0.475. The Morgan fingerprint density at radius 1 is 1.18 bits per heavy atom. The number of para-hydroxylation sites is 1. The third-order valence-corrected chi connectivity index (χ3v) is 4.18. The molecule has 148 valence electrons. The first-order chi connectivity index (χ1) is 13.2. The summed E-state index contributed by atoms with van der Waals surface area (Å²) in [6.45, 7) is 4.95. The molecule has 0 bridgehead atoms. The molecule has 2 aromatic rings. The maximum absolute atomic E-state index is 14.6. The first-order valence-electron chi connectivity index (χ1n) is 8.66. The molecule has 2 amide bonds. The third kappa shape index (κ3) is 3.56. The lowest BCUT2D eigenvalue weighted by atomic mass is 10.0. The van der Waals surface area contributed by atoms with Crippen molar-refractivity contribution in [3.63, 3.8) is 0 Å². The number of hydrogen-bond donors (Lipinski definition) is 2. The molecule has 7 nitrogen and oxygen atoms in total. The Labute approximate surface area is 161 Å². The average molecular weight is 388 g/mol. The van der Waals surface area contributed by atoms with E-state index in [1.54, 1.807) is 45.0 Å². The van der Waals surface area contributed by atoms with Gasteiger partial charge in [0.1, 0.15) is 11.4 Å². The number of rotatable bonds is 4. The number of ether oxygens (including phenoxy) is 1. The summed E-state index contributed by atoms with van der Waals surface area (Å²) in [6.07, 6.45) is -0.994. The Morgan fingerprint density at radius 2 is 1.86 bits per heavy atom. The summed E-state index contributed by atoms with van der Waals surface area (Å²) in [7, 11) is 0. The summed E-state index contributed by atoms with van der Waals surface area (Å²) in [5.74, 6) is -1.53. The maximum Gasteiger partial charge on any atom is 0.410 e. The zero-order valence-corrected chi connectivity index (χ0v) is 15.7. The van der Waals surface area contributed by atoms with Crippen LogP contribution in [0.1, 0.15) is 31.9 Å². The van der Waals surface area contributed by atoms with Gasteiger partial charge in [0, 0.05) is 5.56 Å². The van der Waals surface area contributed by atoms with Gasteiger partial charge in [-0.3, -0.25) is 10.1 Å². The van der Waals surface area contributed by atoms with Crippen LogP contribution in [0.25, 0.3) is 0 Å². The lowest BCUT2D eigenvalue weighted by Gasteiger charge is -2.28. The van der Waals surface area contributed by atoms with E-state index in [1.807, 2.05) is 6.07 Å². The highest BCUT2D eigenvalue weighted by Gasteiger charge is 2.56. The smallest absolute Gasteiger partial charge is 0.410 e. The van der Waals surface area contributed by atoms with Crippen molar-refractivity contribution in [3.8, 4) is 0 Å². The van der Waals surface area contributed by atoms with Crippen molar-refractivity contribution in [1.82, 2.24) is 5.32 Å². The van der Waals surface area contributed by atoms with Crippen molar-refractivity contribution < 1.29 is 28.9 Å². The molecule has 0 unspecified atom stereocenters. The summed E-state index contributed by atoms with van der Waals surface area (Å²) in [6, 6.07) is 12.9. The predicted octanol–water partition coefficient (Wildman–Crippen LogP) is 3.54. The highest BCUT2D eigenvalue weighted by Crippen LogP contribution is 2.43. The molecule has 1 aliphatic rings. The molecule has 0 radical (unpaired) electrons. The second kappa shape index (κ2) is 7.21. The Kier molecular flexibility index (Phi) is 5.10. The molecule has 0 saturated heterocycles. The number of alkyl carbamates (subject to hydrolysis) is 1. The van der Waals surface area contributed by atoms with E-state index in [-0.39, 0.29) is 17.8 Å². The SMILES string of the molecule is CC(C)(C)OC(=O)N[C@@]1(OO)C(=O)N(Cc2ccccc2)c2c(F)cccc21. The Hall–Kier alpha value is -2.97. The van der Waals surface area contributed by atoms with Crippen molar-refractivity contribution in [2.45, 2.75) is 38.6 Å². The summed E-state index contributed by atoms with van der Waals surface area (Å²) in [5.41, 5.74) is -2.54. The number of halogens is 1. The van der Waals surface area contributed by atoms with E-state index in [0.717, 1.165) is 10.5 Å². The second-order valence-corrected chi connectivity index (χ2v) is 7.41. The Morgan fingerprint density at radius 3 is 2.46 bits per heavy atom. The number of anilines is 1. The minimum absolute atomic E-state index is 0.0225. The first-order valence-corrected chi connectivity index (χ1v) is 8.66. The molecule has 3 rings (SSSR count). The standard InChI is InChI=1S/C20H21FN2O5/c1-19(2,3)27-18(25)22-20(28-26)14-10-7-11-15(21)16(14)23(17(20)24)12-13-8-5-4-6-9-13/h4-11,26H,12H2,1-3H3,(H,22,25)/t20-/m0/s1. The van der Waals surface area contributed by atoms with Crippen LogP contribution >= 0.6 is 0 Å². The molecule has 0 saturated carbocycles. The number of carbonyl (C=O) groups is 2. The van der Waals surface area contributed by atoms with Crippen LogP contribution in [0.3, 0.4) is 0 Å². The van der Waals surface area contributed by atoms with E-state index in [4.69, 9.17) is 4.74 Å². The zero-order chi connectivity index (χ0) is 20.5. The molecular weight excluding hydrogens is 367 g/mol. The number of nitrogens with zero attached hydrogens (tertiary/aromatic N) is 1. The van der Waals surface area contributed by atoms with Crippen LogP contribution in [0.2, 0.25) is 0 Å². The third-order valence-electron chi connectivity index (χ3n) is 4.18. The summed E-state index contributed by atoms with van der Waals surface area (Å²) < 4.78 is 19.8. The maximum atomic E-state index is 14.6. The molecule has 0 aliphatic carbocycles. The predicted molar refractivity (Wildman–Crippen MR) is 98.8 cm³/mol. The molecule has 28 heavy (non-hydrogen) atoms. The highest BCUT2D eigenvalue weighted by molar-refractivity contribution is 6.08. The van der Waals surface area contributed by atoms with Crippen molar-refractivity contribution in [1.29, 1.82) is 0 Å². The molecular formula is C20H21FN2O5. The van der Waals surface area contributed by atoms with Crippen molar-refractivity contribution in [2.75, 3.05) is 4.90 Å². The second-order valence-electron chi connectivity index (χ2n) is 7.41. The van der Waals surface area contributed by atoms with Gasteiger partial charge in [-0.25, -0.2) is 14.4 Å². The molecule has 2 aromatic carbocycles. The van der Waals surface area contributed by atoms with Crippen molar-refractivity contribution in [3.05, 3.63) is 65.5 Å². The van der Waals surface area contributed by atoms with Gasteiger partial charge < -0.3 is 9.64 Å². The van der Waals surface area contributed by atoms with Crippen molar-refractivity contribution in [2.24, 2.45) is 0 Å². The van der Waals surface area contributed by atoms with Gasteiger partial charge in [-0.1, -0.05) is 42.5 Å². The molecule has 0 spiro atoms. The fraction of sp³-hybridized carbons (Fsp3) is 0.300. The fourth-order valence-corrected chi connectivity index (χ4v) is 3.08. The van der Waals surface area contributed by atoms with Gasteiger partial charge in [-0.05, 0) is 32.4 Å². The zero-order valence-electron chi connectivity index (χ0n) is 15.7. The van der Waals surface area contributed by atoms with Gasteiger partial charge in [-0.15, -0.1) is 0 Å². The summed E-state index contributed by atoms with van der Waals surface area (Å²) in [4.78, 5) is 31.1. The van der Waals surface area contributed by atoms with Gasteiger partial charge >= 0.3 is 6.09 Å². The van der Waals surface area contributed by atoms with Crippen LogP contribution in [0.15, 0.2) is 48.5 Å². The van der Waals surface area contributed by atoms with Gasteiger partial charge in [0.25, 0.3) is 11.6 Å². The lowest BCUT2D eigenvalue weighted by Crippen LogP contribution is -2.55. The molecule has 8 heteroatoms. The van der Waals surface area contributed by atoms with Crippen LogP contribution < -0.4 is 10.2 Å². The minimum atomic E-state index is -2.31. The molecule has 1 atom stereocenters. The number of fused-ring (bicyclic) bond motifs is 1. The normalized spacial score (nSPS) is 18.8. The number of hydrogen-bond acceptors (Lipinski definition) is 5. The van der Waals surface area contributed by atoms with E-state index in [1.165, 1.54) is 18.2 Å². The Balaban J connectivity index is 2.03. The van der Waals surface area contributed by atoms with Gasteiger partial charge in [0.05, 0.1) is 12.2 Å². The van der Waals surface area contributed by atoms with E-state index < -0.39 is 29.1 Å². The van der Waals surface area contributed by atoms with Crippen LogP contribution in [0, 0.1) is 5.82 Å². The largest absolute Gasteiger partial charge is 0.444 e. The summed E-state index contributed by atoms with van der Waals surface area (Å²) >= 11 is 0. The molecule has 2 N–H and O–H groups in total. The first kappa shape index (κ1) is 19.8. The number of nitrogens with one attached hydrogen (secondary N) is 1. The van der Waals surface area contributed by atoms with E-state index >= 15 is 0 Å². The molecule has 1 aliphatic heterocycles. The van der Waals surface area contributed by atoms with Crippen LogP contribution in [-0.4, -0.2) is 22.9 Å². The van der Waals surface area contributed by atoms with E-state index in [2.05, 4.69) is 10.2 Å². The number of benzene rings is 2. The molecule has 0 fully saturated rings. The van der Waals surface area contributed by atoms with Crippen molar-refractivity contribution >= 4 is 17.7 Å². The van der Waals surface area contributed by atoms with E-state index in [9.17, 15) is 19.2 Å². The van der Waals surface area contributed by atoms with Crippen LogP contribution in [-0.2, 0) is 26.7 Å². The molecule has 1 heterocycles. The number of amides is 2. The average Bonchev–Trinajstić information content (AvgIpc) is 2.85. The monoisotopic (exact) mass is 388 g/mol. The Bertz CT molecular complexity index is 897. The van der Waals surface area contributed by atoms with Crippen LogP contribution in [0.5, 0.6) is 0 Å². The minimum Gasteiger partial charge on any atom is -0.444 e. The number of carbonyl (C=O) groups excluding carboxylic acids is 2. The van der Waals surface area contributed by atoms with E-state index in [0.29, 0.717) is 0 Å². The fourth-order valence-electron chi connectivity index (χ4n) is 3.08. The highest BCUT2D eigenvalue weighted by atomic mass is 19.1. The van der Waals surface area contributed by atoms with Gasteiger partial charge in [-0.2, -0.15) is 4.89 Å².